The van der Waals surface area contributed by atoms with Gasteiger partial charge in [-0.25, -0.2) is 0 Å². The van der Waals surface area contributed by atoms with Crippen LogP contribution in [0.5, 0.6) is 5.75 Å². The van der Waals surface area contributed by atoms with Crippen LogP contribution < -0.4 is 4.74 Å². The number of β-amino-alcohol motifs (C(OH)–C–C–N with tert-alkyl or cyclic N) is 1. The van der Waals surface area contributed by atoms with Crippen molar-refractivity contribution in [2.24, 2.45) is 0 Å². The first-order chi connectivity index (χ1) is 9.15. The molecule has 0 saturated carbocycles. The molecule has 1 aliphatic heterocycles. The monoisotopic (exact) mass is 284 g/mol. The van der Waals surface area contributed by atoms with E-state index in [0.29, 0.717) is 17.3 Å². The normalized spacial score (nSPS) is 19.3. The Balaban J connectivity index is 1.73. The molecule has 0 bridgehead atoms. The molecule has 4 nitrogen and oxygen atoms in total. The highest BCUT2D eigenvalue weighted by Gasteiger charge is 2.17. The standard InChI is InChI=1S/C14H21ClN2O2/c1-16-6-8-17(9-7-16)10-12(18)11-19-14-5-3-2-4-13(14)15/h2-5,12,18H,6-11H2,1H3. The Morgan fingerprint density at radius 3 is 2.63 bits per heavy atom. The van der Waals surface area contributed by atoms with E-state index in [1.165, 1.54) is 0 Å². The van der Waals surface area contributed by atoms with Crippen molar-refractivity contribution >= 4 is 11.6 Å². The molecule has 0 radical (unpaired) electrons. The Morgan fingerprint density at radius 1 is 1.26 bits per heavy atom. The van der Waals surface area contributed by atoms with Gasteiger partial charge in [0.15, 0.2) is 0 Å². The predicted molar refractivity (Wildman–Crippen MR) is 76.9 cm³/mol. The third-order valence-corrected chi connectivity index (χ3v) is 3.64. The Kier molecular flexibility index (Phi) is 5.45. The molecule has 1 N–H and O–H groups in total. The van der Waals surface area contributed by atoms with Gasteiger partial charge in [-0.05, 0) is 19.2 Å². The summed E-state index contributed by atoms with van der Waals surface area (Å²) in [5.74, 6) is 0.626. The second-order valence-corrected chi connectivity index (χ2v) is 5.41. The molecule has 1 aromatic rings. The Morgan fingerprint density at radius 2 is 1.95 bits per heavy atom. The van der Waals surface area contributed by atoms with Crippen LogP contribution in [0.1, 0.15) is 0 Å². The molecule has 1 saturated heterocycles. The lowest BCUT2D eigenvalue weighted by molar-refractivity contribution is 0.0505. The quantitative estimate of drug-likeness (QED) is 0.885. The average molecular weight is 285 g/mol. The molecule has 5 heteroatoms. The summed E-state index contributed by atoms with van der Waals surface area (Å²) < 4.78 is 5.54. The zero-order valence-corrected chi connectivity index (χ0v) is 12.0. The van der Waals surface area contributed by atoms with Gasteiger partial charge in [-0.3, -0.25) is 4.90 Å². The van der Waals surface area contributed by atoms with Gasteiger partial charge in [-0.15, -0.1) is 0 Å². The van der Waals surface area contributed by atoms with Crippen molar-refractivity contribution < 1.29 is 9.84 Å². The van der Waals surface area contributed by atoms with E-state index in [1.54, 1.807) is 6.07 Å². The van der Waals surface area contributed by atoms with Crippen molar-refractivity contribution in [2.75, 3.05) is 46.4 Å². The first kappa shape index (κ1) is 14.6. The molecule has 0 aromatic heterocycles. The fourth-order valence-corrected chi connectivity index (χ4v) is 2.32. The van der Waals surface area contributed by atoms with Crippen molar-refractivity contribution in [3.05, 3.63) is 29.3 Å². The van der Waals surface area contributed by atoms with Gasteiger partial charge >= 0.3 is 0 Å². The van der Waals surface area contributed by atoms with Gasteiger partial charge in [0.2, 0.25) is 0 Å². The maximum absolute atomic E-state index is 10.00. The number of rotatable bonds is 5. The Hall–Kier alpha value is -0.810. The number of hydrogen-bond donors (Lipinski definition) is 1. The van der Waals surface area contributed by atoms with Crippen LogP contribution in [-0.4, -0.2) is 67.4 Å². The number of nitrogens with zero attached hydrogens (tertiary/aromatic N) is 2. The molecule has 19 heavy (non-hydrogen) atoms. The number of aliphatic hydroxyl groups excluding tert-OH is 1. The number of aliphatic hydroxyl groups is 1. The summed E-state index contributed by atoms with van der Waals surface area (Å²) in [6.07, 6.45) is -0.486. The van der Waals surface area contributed by atoms with Crippen molar-refractivity contribution in [1.29, 1.82) is 0 Å². The third kappa shape index (κ3) is 4.66. The van der Waals surface area contributed by atoms with Crippen LogP contribution in [0.15, 0.2) is 24.3 Å². The molecule has 0 amide bonds. The highest BCUT2D eigenvalue weighted by atomic mass is 35.5. The summed E-state index contributed by atoms with van der Waals surface area (Å²) in [6, 6.07) is 7.32. The molecule has 1 heterocycles. The number of hydrogen-bond acceptors (Lipinski definition) is 4. The van der Waals surface area contributed by atoms with Crippen molar-refractivity contribution in [3.8, 4) is 5.75 Å². The zero-order valence-electron chi connectivity index (χ0n) is 11.3. The number of halogens is 1. The minimum absolute atomic E-state index is 0.274. The molecule has 1 unspecified atom stereocenters. The van der Waals surface area contributed by atoms with Crippen LogP contribution in [0.25, 0.3) is 0 Å². The second-order valence-electron chi connectivity index (χ2n) is 5.00. The molecular weight excluding hydrogens is 264 g/mol. The highest BCUT2D eigenvalue weighted by molar-refractivity contribution is 6.32. The van der Waals surface area contributed by atoms with Crippen molar-refractivity contribution in [1.82, 2.24) is 9.80 Å². The Bertz CT molecular complexity index is 395. The number of ether oxygens (including phenoxy) is 1. The summed E-state index contributed by atoms with van der Waals surface area (Å²) in [6.45, 7) is 5.03. The largest absolute Gasteiger partial charge is 0.489 e. The Labute approximate surface area is 119 Å². The van der Waals surface area contributed by atoms with Crippen molar-refractivity contribution in [3.63, 3.8) is 0 Å². The van der Waals surface area contributed by atoms with E-state index in [9.17, 15) is 5.11 Å². The van der Waals surface area contributed by atoms with E-state index in [0.717, 1.165) is 26.2 Å². The van der Waals surface area contributed by atoms with Gasteiger partial charge in [0, 0.05) is 32.7 Å². The smallest absolute Gasteiger partial charge is 0.138 e. The number of piperazine rings is 1. The summed E-state index contributed by atoms with van der Waals surface area (Å²) >= 11 is 5.99. The molecule has 2 rings (SSSR count). The van der Waals surface area contributed by atoms with Crippen molar-refractivity contribution in [2.45, 2.75) is 6.10 Å². The van der Waals surface area contributed by atoms with Gasteiger partial charge < -0.3 is 14.7 Å². The van der Waals surface area contributed by atoms with Crippen LogP contribution >= 0.6 is 11.6 Å². The van der Waals surface area contributed by atoms with E-state index in [1.807, 2.05) is 18.2 Å². The first-order valence-electron chi connectivity index (χ1n) is 6.61. The van der Waals surface area contributed by atoms with E-state index in [2.05, 4.69) is 16.8 Å². The summed E-state index contributed by atoms with van der Waals surface area (Å²) in [4.78, 5) is 4.56. The van der Waals surface area contributed by atoms with Gasteiger partial charge in [0.05, 0.1) is 5.02 Å². The van der Waals surface area contributed by atoms with Gasteiger partial charge in [0.1, 0.15) is 18.5 Å². The molecule has 106 valence electrons. The van der Waals surface area contributed by atoms with Crippen LogP contribution in [0.3, 0.4) is 0 Å². The molecule has 0 spiro atoms. The number of benzene rings is 1. The van der Waals surface area contributed by atoms with Crippen LogP contribution in [0.4, 0.5) is 0 Å². The molecule has 0 aliphatic carbocycles. The lowest BCUT2D eigenvalue weighted by Gasteiger charge is -2.33. The predicted octanol–water partition coefficient (Wildman–Crippen LogP) is 1.33. The molecule has 1 atom stereocenters. The third-order valence-electron chi connectivity index (χ3n) is 3.33. The second kappa shape index (κ2) is 7.10. The summed E-state index contributed by atoms with van der Waals surface area (Å²) in [7, 11) is 2.12. The van der Waals surface area contributed by atoms with E-state index in [-0.39, 0.29) is 6.61 Å². The van der Waals surface area contributed by atoms with Crippen LogP contribution in [0.2, 0.25) is 5.02 Å². The average Bonchev–Trinajstić information content (AvgIpc) is 2.40. The minimum Gasteiger partial charge on any atom is -0.489 e. The number of likely N-dealkylation sites (N-methyl/N-ethyl adjacent to an activating group) is 1. The van der Waals surface area contributed by atoms with Gasteiger partial charge in [-0.1, -0.05) is 23.7 Å². The van der Waals surface area contributed by atoms with Crippen LogP contribution in [-0.2, 0) is 0 Å². The van der Waals surface area contributed by atoms with E-state index in [4.69, 9.17) is 16.3 Å². The summed E-state index contributed by atoms with van der Waals surface area (Å²) in [5, 5.41) is 10.6. The molecule has 1 fully saturated rings. The van der Waals surface area contributed by atoms with Gasteiger partial charge in [-0.2, -0.15) is 0 Å². The molecular formula is C14H21ClN2O2. The minimum atomic E-state index is -0.486. The fraction of sp³-hybridized carbons (Fsp3) is 0.571. The first-order valence-corrected chi connectivity index (χ1v) is 6.99. The lowest BCUT2D eigenvalue weighted by Crippen LogP contribution is -2.47. The van der Waals surface area contributed by atoms with Gasteiger partial charge in [0.25, 0.3) is 0 Å². The zero-order chi connectivity index (χ0) is 13.7. The summed E-state index contributed by atoms with van der Waals surface area (Å²) in [5.41, 5.74) is 0. The SMILES string of the molecule is CN1CCN(CC(O)COc2ccccc2Cl)CC1. The molecule has 1 aromatic carbocycles. The molecule has 1 aliphatic rings. The maximum atomic E-state index is 10.00. The van der Waals surface area contributed by atoms with Crippen LogP contribution in [0, 0.1) is 0 Å². The van der Waals surface area contributed by atoms with E-state index < -0.39 is 6.10 Å². The fourth-order valence-electron chi connectivity index (χ4n) is 2.13. The lowest BCUT2D eigenvalue weighted by atomic mass is 10.3. The maximum Gasteiger partial charge on any atom is 0.138 e. The number of para-hydroxylation sites is 1. The topological polar surface area (TPSA) is 35.9 Å². The highest BCUT2D eigenvalue weighted by Crippen LogP contribution is 2.23. The van der Waals surface area contributed by atoms with E-state index >= 15 is 0 Å².